The van der Waals surface area contributed by atoms with Crippen LogP contribution in [0.3, 0.4) is 0 Å². The van der Waals surface area contributed by atoms with E-state index in [4.69, 9.17) is 4.74 Å². The van der Waals surface area contributed by atoms with Gasteiger partial charge in [0.25, 0.3) is 0 Å². The summed E-state index contributed by atoms with van der Waals surface area (Å²) in [6, 6.07) is 6.25. The standard InChI is InChI=1S/C17H22N2O5S/c1-18-14-10-19(11-15(14)24-8-7-16(18)20)17(21)9-12-3-5-13(6-4-12)25(2,22)23/h3-6,14-15H,7-11H2,1-2H3/t14-,15-/m0/s1. The summed E-state index contributed by atoms with van der Waals surface area (Å²) in [6.45, 7) is 1.33. The summed E-state index contributed by atoms with van der Waals surface area (Å²) in [5.41, 5.74) is 0.759. The molecule has 2 atom stereocenters. The van der Waals surface area contributed by atoms with Crippen LogP contribution in [0.15, 0.2) is 29.2 Å². The molecule has 1 aromatic rings. The summed E-state index contributed by atoms with van der Waals surface area (Å²) in [6.07, 6.45) is 1.58. The number of rotatable bonds is 3. The van der Waals surface area contributed by atoms with Crippen LogP contribution in [0.5, 0.6) is 0 Å². The average Bonchev–Trinajstić information content (AvgIpc) is 2.92. The predicted molar refractivity (Wildman–Crippen MR) is 90.8 cm³/mol. The zero-order chi connectivity index (χ0) is 18.2. The van der Waals surface area contributed by atoms with Crippen LogP contribution < -0.4 is 0 Å². The highest BCUT2D eigenvalue weighted by Gasteiger charge is 2.41. The number of likely N-dealkylation sites (tertiary alicyclic amines) is 1. The van der Waals surface area contributed by atoms with Gasteiger partial charge in [0.2, 0.25) is 11.8 Å². The Bertz CT molecular complexity index is 775. The van der Waals surface area contributed by atoms with E-state index >= 15 is 0 Å². The molecule has 2 fully saturated rings. The lowest BCUT2D eigenvalue weighted by atomic mass is 10.1. The van der Waals surface area contributed by atoms with E-state index < -0.39 is 9.84 Å². The van der Waals surface area contributed by atoms with E-state index in [1.807, 2.05) is 0 Å². The van der Waals surface area contributed by atoms with Crippen molar-refractivity contribution in [1.29, 1.82) is 0 Å². The molecule has 2 aliphatic heterocycles. The van der Waals surface area contributed by atoms with Gasteiger partial charge in [-0.15, -0.1) is 0 Å². The maximum atomic E-state index is 12.6. The van der Waals surface area contributed by atoms with Gasteiger partial charge in [-0.1, -0.05) is 12.1 Å². The van der Waals surface area contributed by atoms with Gasteiger partial charge in [-0.2, -0.15) is 0 Å². The number of amides is 2. The van der Waals surface area contributed by atoms with E-state index in [9.17, 15) is 18.0 Å². The number of carbonyl (C=O) groups excluding carboxylic acids is 2. The molecule has 0 aromatic heterocycles. The second-order valence-corrected chi connectivity index (χ2v) is 8.64. The van der Waals surface area contributed by atoms with Crippen LogP contribution in [0.25, 0.3) is 0 Å². The molecule has 8 heteroatoms. The Balaban J connectivity index is 1.65. The number of carbonyl (C=O) groups is 2. The van der Waals surface area contributed by atoms with Crippen molar-refractivity contribution in [3.8, 4) is 0 Å². The van der Waals surface area contributed by atoms with Crippen molar-refractivity contribution >= 4 is 21.7 Å². The van der Waals surface area contributed by atoms with Crippen LogP contribution in [0.1, 0.15) is 12.0 Å². The van der Waals surface area contributed by atoms with Gasteiger partial charge >= 0.3 is 0 Å². The van der Waals surface area contributed by atoms with Gasteiger partial charge in [-0.25, -0.2) is 8.42 Å². The van der Waals surface area contributed by atoms with Crippen LogP contribution in [0.4, 0.5) is 0 Å². The zero-order valence-electron chi connectivity index (χ0n) is 14.3. The van der Waals surface area contributed by atoms with Crippen LogP contribution in [0.2, 0.25) is 0 Å². The van der Waals surface area contributed by atoms with Crippen molar-refractivity contribution in [2.24, 2.45) is 0 Å². The first-order valence-electron chi connectivity index (χ1n) is 8.20. The molecule has 0 radical (unpaired) electrons. The van der Waals surface area contributed by atoms with Gasteiger partial charge in [0.1, 0.15) is 0 Å². The molecule has 25 heavy (non-hydrogen) atoms. The fourth-order valence-electron chi connectivity index (χ4n) is 3.30. The third-order valence-corrected chi connectivity index (χ3v) is 5.96. The Kier molecular flexibility index (Phi) is 4.83. The van der Waals surface area contributed by atoms with Gasteiger partial charge in [0.15, 0.2) is 9.84 Å². The van der Waals surface area contributed by atoms with Crippen LogP contribution >= 0.6 is 0 Å². The molecule has 0 unspecified atom stereocenters. The number of hydrogen-bond donors (Lipinski definition) is 0. The molecule has 0 bridgehead atoms. The van der Waals surface area contributed by atoms with Crippen molar-refractivity contribution < 1.29 is 22.7 Å². The van der Waals surface area contributed by atoms with E-state index in [0.717, 1.165) is 11.8 Å². The van der Waals surface area contributed by atoms with Crippen molar-refractivity contribution in [2.45, 2.75) is 29.9 Å². The Morgan fingerprint density at radius 3 is 2.56 bits per heavy atom. The number of likely N-dealkylation sites (N-methyl/N-ethyl adjacent to an activating group) is 1. The van der Waals surface area contributed by atoms with E-state index in [1.54, 1.807) is 29.0 Å². The summed E-state index contributed by atoms with van der Waals surface area (Å²) in [5, 5.41) is 0. The second kappa shape index (κ2) is 6.76. The minimum atomic E-state index is -3.24. The summed E-state index contributed by atoms with van der Waals surface area (Å²) in [4.78, 5) is 28.1. The molecule has 2 saturated heterocycles. The van der Waals surface area contributed by atoms with E-state index in [0.29, 0.717) is 26.1 Å². The number of hydrogen-bond acceptors (Lipinski definition) is 5. The molecule has 2 aliphatic rings. The molecule has 136 valence electrons. The van der Waals surface area contributed by atoms with E-state index in [2.05, 4.69) is 0 Å². The lowest BCUT2D eigenvalue weighted by Gasteiger charge is -2.25. The van der Waals surface area contributed by atoms with Gasteiger partial charge in [-0.3, -0.25) is 9.59 Å². The zero-order valence-corrected chi connectivity index (χ0v) is 15.2. The lowest BCUT2D eigenvalue weighted by Crippen LogP contribution is -2.43. The van der Waals surface area contributed by atoms with Gasteiger partial charge in [0.05, 0.1) is 36.5 Å². The molecule has 2 amide bonds. The monoisotopic (exact) mass is 366 g/mol. The molecule has 7 nitrogen and oxygen atoms in total. The molecule has 0 aliphatic carbocycles. The van der Waals surface area contributed by atoms with Crippen molar-refractivity contribution in [3.05, 3.63) is 29.8 Å². The highest BCUT2D eigenvalue weighted by Crippen LogP contribution is 2.23. The van der Waals surface area contributed by atoms with E-state index in [1.165, 1.54) is 12.1 Å². The summed E-state index contributed by atoms with van der Waals surface area (Å²) in [7, 11) is -1.49. The number of sulfone groups is 1. The first-order chi connectivity index (χ1) is 11.8. The third kappa shape index (κ3) is 3.85. The van der Waals surface area contributed by atoms with Crippen LogP contribution in [0, 0.1) is 0 Å². The molecular formula is C17H22N2O5S. The number of fused-ring (bicyclic) bond motifs is 1. The molecule has 2 heterocycles. The number of benzene rings is 1. The van der Waals surface area contributed by atoms with Crippen molar-refractivity contribution in [2.75, 3.05) is 33.0 Å². The Hall–Kier alpha value is -1.93. The Labute approximate surface area is 147 Å². The maximum absolute atomic E-state index is 12.6. The van der Waals surface area contributed by atoms with E-state index in [-0.39, 0.29) is 35.3 Å². The highest BCUT2D eigenvalue weighted by molar-refractivity contribution is 7.90. The molecule has 0 spiro atoms. The van der Waals surface area contributed by atoms with Crippen LogP contribution in [-0.2, 0) is 30.6 Å². The fourth-order valence-corrected chi connectivity index (χ4v) is 3.93. The SMILES string of the molecule is CN1C(=O)CCO[C@H]2CN(C(=O)Cc3ccc(S(C)(=O)=O)cc3)C[C@@H]21. The quantitative estimate of drug-likeness (QED) is 0.757. The minimum Gasteiger partial charge on any atom is -0.374 e. The van der Waals surface area contributed by atoms with Gasteiger partial charge < -0.3 is 14.5 Å². The largest absolute Gasteiger partial charge is 0.374 e. The lowest BCUT2D eigenvalue weighted by molar-refractivity contribution is -0.133. The molecular weight excluding hydrogens is 344 g/mol. The predicted octanol–water partition coefficient (Wildman–Crippen LogP) is 0.0907. The fraction of sp³-hybridized carbons (Fsp3) is 0.529. The topological polar surface area (TPSA) is 84.0 Å². The second-order valence-electron chi connectivity index (χ2n) is 6.62. The van der Waals surface area contributed by atoms with Gasteiger partial charge in [-0.05, 0) is 17.7 Å². The summed E-state index contributed by atoms with van der Waals surface area (Å²) in [5.74, 6) is -0.0113. The average molecular weight is 366 g/mol. The molecule has 0 N–H and O–H groups in total. The van der Waals surface area contributed by atoms with Crippen molar-refractivity contribution in [1.82, 2.24) is 9.80 Å². The first kappa shape index (κ1) is 17.9. The number of ether oxygens (including phenoxy) is 1. The molecule has 1 aromatic carbocycles. The third-order valence-electron chi connectivity index (χ3n) is 4.84. The minimum absolute atomic E-state index is 0.0400. The molecule has 3 rings (SSSR count). The normalized spacial score (nSPS) is 24.2. The van der Waals surface area contributed by atoms with Crippen molar-refractivity contribution in [3.63, 3.8) is 0 Å². The van der Waals surface area contributed by atoms with Crippen LogP contribution in [-0.4, -0.2) is 75.2 Å². The summed E-state index contributed by atoms with van der Waals surface area (Å²) < 4.78 is 28.7. The number of nitrogens with zero attached hydrogens (tertiary/aromatic N) is 2. The Morgan fingerprint density at radius 2 is 1.92 bits per heavy atom. The molecule has 0 saturated carbocycles. The maximum Gasteiger partial charge on any atom is 0.227 e. The first-order valence-corrected chi connectivity index (χ1v) is 10.1. The summed E-state index contributed by atoms with van der Waals surface area (Å²) >= 11 is 0. The van der Waals surface area contributed by atoms with Gasteiger partial charge in [0, 0.05) is 26.4 Å². The highest BCUT2D eigenvalue weighted by atomic mass is 32.2. The smallest absolute Gasteiger partial charge is 0.227 e. The Morgan fingerprint density at radius 1 is 1.24 bits per heavy atom.